The summed E-state index contributed by atoms with van der Waals surface area (Å²) in [5, 5.41) is 2.86. The summed E-state index contributed by atoms with van der Waals surface area (Å²) in [6.07, 6.45) is 5.23. The van der Waals surface area contributed by atoms with Crippen LogP contribution in [0.25, 0.3) is 0 Å². The lowest BCUT2D eigenvalue weighted by molar-refractivity contribution is -0.120. The van der Waals surface area contributed by atoms with Crippen molar-refractivity contribution in [3.05, 3.63) is 27.1 Å². The molecule has 0 aliphatic heterocycles. The largest absolute Gasteiger partial charge is 0.328 e. The van der Waals surface area contributed by atoms with Gasteiger partial charge in [0.05, 0.1) is 10.2 Å². The van der Waals surface area contributed by atoms with Crippen molar-refractivity contribution in [2.24, 2.45) is 18.7 Å². The summed E-state index contributed by atoms with van der Waals surface area (Å²) in [7, 11) is 1.65. The number of halogens is 1. The van der Waals surface area contributed by atoms with Crippen LogP contribution in [0.15, 0.2) is 21.5 Å². The Labute approximate surface area is 120 Å². The van der Waals surface area contributed by atoms with E-state index < -0.39 is 0 Å². The lowest BCUT2D eigenvalue weighted by Gasteiger charge is -2.25. The third-order valence-corrected chi connectivity index (χ3v) is 4.06. The van der Waals surface area contributed by atoms with Crippen molar-refractivity contribution in [2.75, 3.05) is 5.32 Å². The monoisotopic (exact) mass is 327 g/mol. The summed E-state index contributed by atoms with van der Waals surface area (Å²) in [6.45, 7) is 0. The molecule has 1 heterocycles. The number of pyridine rings is 1. The van der Waals surface area contributed by atoms with Crippen LogP contribution in [-0.2, 0) is 11.8 Å². The molecule has 19 heavy (non-hydrogen) atoms. The van der Waals surface area contributed by atoms with Gasteiger partial charge in [-0.3, -0.25) is 9.59 Å². The van der Waals surface area contributed by atoms with Gasteiger partial charge in [-0.05, 0) is 41.3 Å². The van der Waals surface area contributed by atoms with Crippen LogP contribution in [0, 0.1) is 5.92 Å². The molecule has 0 aromatic carbocycles. The van der Waals surface area contributed by atoms with E-state index in [1.165, 1.54) is 4.57 Å². The first-order valence-electron chi connectivity index (χ1n) is 6.40. The van der Waals surface area contributed by atoms with E-state index in [1.54, 1.807) is 19.3 Å². The topological polar surface area (TPSA) is 77.1 Å². The van der Waals surface area contributed by atoms with Crippen molar-refractivity contribution in [1.29, 1.82) is 0 Å². The molecule has 6 heteroatoms. The maximum Gasteiger partial charge on any atom is 0.264 e. The van der Waals surface area contributed by atoms with Gasteiger partial charge in [0.2, 0.25) is 5.91 Å². The van der Waals surface area contributed by atoms with Gasteiger partial charge in [0.25, 0.3) is 5.56 Å². The fraction of sp³-hybridized carbons (Fsp3) is 0.538. The standard InChI is InChI=1S/C13H18BrN3O2/c1-17-7-10(6-11(14)13(17)19)16-12(18)8-3-2-4-9(15)5-8/h6-9H,2-5,15H2,1H3,(H,16,18). The van der Waals surface area contributed by atoms with Crippen LogP contribution in [-0.4, -0.2) is 16.5 Å². The summed E-state index contributed by atoms with van der Waals surface area (Å²) in [5.41, 5.74) is 6.39. The van der Waals surface area contributed by atoms with Gasteiger partial charge in [0.1, 0.15) is 0 Å². The molecule has 2 atom stereocenters. The van der Waals surface area contributed by atoms with Crippen LogP contribution in [0.3, 0.4) is 0 Å². The molecule has 1 saturated carbocycles. The van der Waals surface area contributed by atoms with E-state index in [0.29, 0.717) is 10.2 Å². The molecule has 1 aromatic rings. The first-order valence-corrected chi connectivity index (χ1v) is 7.19. The average Bonchev–Trinajstić information content (AvgIpc) is 2.36. The maximum absolute atomic E-state index is 12.2. The molecule has 0 radical (unpaired) electrons. The highest BCUT2D eigenvalue weighted by molar-refractivity contribution is 9.10. The molecule has 0 bridgehead atoms. The Morgan fingerprint density at radius 2 is 2.26 bits per heavy atom. The third kappa shape index (κ3) is 3.45. The highest BCUT2D eigenvalue weighted by Crippen LogP contribution is 2.24. The van der Waals surface area contributed by atoms with Gasteiger partial charge in [0, 0.05) is 25.2 Å². The molecule has 0 saturated heterocycles. The molecule has 1 aromatic heterocycles. The molecule has 0 spiro atoms. The number of rotatable bonds is 2. The van der Waals surface area contributed by atoms with E-state index in [0.717, 1.165) is 25.7 Å². The molecule has 5 nitrogen and oxygen atoms in total. The van der Waals surface area contributed by atoms with Crippen molar-refractivity contribution in [3.63, 3.8) is 0 Å². The van der Waals surface area contributed by atoms with E-state index in [2.05, 4.69) is 21.2 Å². The minimum atomic E-state index is -0.127. The summed E-state index contributed by atoms with van der Waals surface area (Å²) < 4.78 is 1.87. The van der Waals surface area contributed by atoms with E-state index in [1.807, 2.05) is 0 Å². The Kier molecular flexibility index (Phi) is 4.42. The van der Waals surface area contributed by atoms with Gasteiger partial charge in [-0.1, -0.05) is 6.42 Å². The molecule has 1 fully saturated rings. The molecule has 104 valence electrons. The third-order valence-electron chi connectivity index (χ3n) is 3.49. The first-order chi connectivity index (χ1) is 8.97. The minimum Gasteiger partial charge on any atom is -0.328 e. The predicted molar refractivity (Wildman–Crippen MR) is 77.9 cm³/mol. The normalized spacial score (nSPS) is 23.1. The fourth-order valence-corrected chi connectivity index (χ4v) is 2.98. The van der Waals surface area contributed by atoms with Gasteiger partial charge in [0.15, 0.2) is 0 Å². The van der Waals surface area contributed by atoms with Gasteiger partial charge in [-0.25, -0.2) is 0 Å². The van der Waals surface area contributed by atoms with E-state index in [9.17, 15) is 9.59 Å². The van der Waals surface area contributed by atoms with Crippen LogP contribution in [0.2, 0.25) is 0 Å². The zero-order valence-electron chi connectivity index (χ0n) is 10.9. The molecule has 3 N–H and O–H groups in total. The summed E-state index contributed by atoms with van der Waals surface area (Å²) in [5.74, 6) is -0.0412. The number of carbonyl (C=O) groups is 1. The Bertz CT molecular complexity index is 515. The second-order valence-corrected chi connectivity index (χ2v) is 5.96. The Morgan fingerprint density at radius 3 is 2.89 bits per heavy atom. The van der Waals surface area contributed by atoms with Gasteiger partial charge in [-0.15, -0.1) is 0 Å². The molecule has 1 amide bonds. The predicted octanol–water partition coefficient (Wildman–Crippen LogP) is 1.60. The minimum absolute atomic E-state index is 0.0132. The fourth-order valence-electron chi connectivity index (χ4n) is 2.45. The number of hydrogen-bond donors (Lipinski definition) is 2. The van der Waals surface area contributed by atoms with Crippen molar-refractivity contribution >= 4 is 27.5 Å². The number of amides is 1. The quantitative estimate of drug-likeness (QED) is 0.866. The lowest BCUT2D eigenvalue weighted by Crippen LogP contribution is -2.34. The summed E-state index contributed by atoms with van der Waals surface area (Å²) >= 11 is 3.19. The zero-order chi connectivity index (χ0) is 14.0. The zero-order valence-corrected chi connectivity index (χ0v) is 12.4. The molecule has 1 aliphatic rings. The second-order valence-electron chi connectivity index (χ2n) is 5.11. The number of aromatic nitrogens is 1. The SMILES string of the molecule is Cn1cc(NC(=O)C2CCCC(N)C2)cc(Br)c1=O. The smallest absolute Gasteiger partial charge is 0.264 e. The molecule has 1 aliphatic carbocycles. The molecule has 2 unspecified atom stereocenters. The number of carbonyl (C=O) groups excluding carboxylic acids is 1. The van der Waals surface area contributed by atoms with Crippen LogP contribution >= 0.6 is 15.9 Å². The van der Waals surface area contributed by atoms with Crippen molar-refractivity contribution in [3.8, 4) is 0 Å². The Morgan fingerprint density at radius 1 is 1.53 bits per heavy atom. The average molecular weight is 328 g/mol. The Balaban J connectivity index is 2.08. The van der Waals surface area contributed by atoms with Crippen molar-refractivity contribution in [1.82, 2.24) is 4.57 Å². The van der Waals surface area contributed by atoms with Crippen LogP contribution in [0.1, 0.15) is 25.7 Å². The van der Waals surface area contributed by atoms with Gasteiger partial charge >= 0.3 is 0 Å². The number of nitrogens with two attached hydrogens (primary N) is 1. The van der Waals surface area contributed by atoms with Crippen LogP contribution in [0.5, 0.6) is 0 Å². The number of hydrogen-bond acceptors (Lipinski definition) is 3. The molecular weight excluding hydrogens is 310 g/mol. The van der Waals surface area contributed by atoms with E-state index >= 15 is 0 Å². The van der Waals surface area contributed by atoms with E-state index in [-0.39, 0.29) is 23.4 Å². The molecule has 2 rings (SSSR count). The van der Waals surface area contributed by atoms with Crippen LogP contribution < -0.4 is 16.6 Å². The number of nitrogens with zero attached hydrogens (tertiary/aromatic N) is 1. The van der Waals surface area contributed by atoms with E-state index in [4.69, 9.17) is 5.73 Å². The number of nitrogens with one attached hydrogen (secondary N) is 1. The number of aryl methyl sites for hydroxylation is 1. The number of anilines is 1. The second kappa shape index (κ2) is 5.88. The first kappa shape index (κ1) is 14.3. The van der Waals surface area contributed by atoms with Gasteiger partial charge in [-0.2, -0.15) is 0 Å². The van der Waals surface area contributed by atoms with Gasteiger partial charge < -0.3 is 15.6 Å². The lowest BCUT2D eigenvalue weighted by atomic mass is 9.85. The summed E-state index contributed by atoms with van der Waals surface area (Å²) in [4.78, 5) is 23.7. The highest BCUT2D eigenvalue weighted by Gasteiger charge is 2.25. The highest BCUT2D eigenvalue weighted by atomic mass is 79.9. The molecular formula is C13H18BrN3O2. The van der Waals surface area contributed by atoms with Crippen LogP contribution in [0.4, 0.5) is 5.69 Å². The van der Waals surface area contributed by atoms with Crippen molar-refractivity contribution in [2.45, 2.75) is 31.7 Å². The van der Waals surface area contributed by atoms with Crippen molar-refractivity contribution < 1.29 is 4.79 Å². The maximum atomic E-state index is 12.2. The Hall–Kier alpha value is -1.14. The summed E-state index contributed by atoms with van der Waals surface area (Å²) in [6, 6.07) is 1.75.